The minimum absolute atomic E-state index is 0.140. The van der Waals surface area contributed by atoms with Gasteiger partial charge in [0.05, 0.1) is 16.5 Å². The molecule has 27 heavy (non-hydrogen) atoms. The highest BCUT2D eigenvalue weighted by Crippen LogP contribution is 2.31. The molecule has 0 radical (unpaired) electrons. The van der Waals surface area contributed by atoms with Crippen molar-refractivity contribution in [2.45, 2.75) is 32.5 Å². The molecule has 1 N–H and O–H groups in total. The Balaban J connectivity index is 1.71. The van der Waals surface area contributed by atoms with Gasteiger partial charge in [0.1, 0.15) is 0 Å². The van der Waals surface area contributed by atoms with Crippen molar-refractivity contribution >= 4 is 62.2 Å². The normalized spacial score (nSPS) is 11.0. The molecule has 9 heteroatoms. The number of nitrogens with one attached hydrogen (secondary N) is 1. The van der Waals surface area contributed by atoms with Crippen LogP contribution >= 0.6 is 50.6 Å². The number of thioether (sulfide) groups is 1. The maximum atomic E-state index is 12.3. The topological polar surface area (TPSA) is 59.8 Å². The van der Waals surface area contributed by atoms with Gasteiger partial charge < -0.3 is 9.88 Å². The van der Waals surface area contributed by atoms with Crippen LogP contribution < -0.4 is 5.32 Å². The van der Waals surface area contributed by atoms with Gasteiger partial charge in [0.25, 0.3) is 0 Å². The van der Waals surface area contributed by atoms with Crippen LogP contribution in [0.25, 0.3) is 11.4 Å². The number of carbonyl (C=O) groups excluding carboxylic acids is 1. The summed E-state index contributed by atoms with van der Waals surface area (Å²) in [5, 5.41) is 14.8. The Hall–Kier alpha value is -1.35. The first-order chi connectivity index (χ1) is 12.9. The minimum Gasteiger partial charge on any atom is -0.324 e. The van der Waals surface area contributed by atoms with Gasteiger partial charge in [-0.05, 0) is 44.5 Å². The SMILES string of the molecule is CCn1c(SCC(=O)Nc2ccc(Br)cc2Cl)nnc1-c1csc(C)c1C. The monoisotopic (exact) mass is 484 g/mol. The predicted molar refractivity (Wildman–Crippen MR) is 117 cm³/mol. The Labute approximate surface area is 179 Å². The van der Waals surface area contributed by atoms with E-state index >= 15 is 0 Å². The Morgan fingerprint density at radius 1 is 1.37 bits per heavy atom. The van der Waals surface area contributed by atoms with Crippen molar-refractivity contribution in [3.05, 3.63) is 43.5 Å². The highest BCUT2D eigenvalue weighted by atomic mass is 79.9. The zero-order valence-electron chi connectivity index (χ0n) is 15.0. The summed E-state index contributed by atoms with van der Waals surface area (Å²) in [6.07, 6.45) is 0. The highest BCUT2D eigenvalue weighted by Gasteiger charge is 2.18. The van der Waals surface area contributed by atoms with E-state index in [2.05, 4.69) is 50.7 Å². The first-order valence-electron chi connectivity index (χ1n) is 8.26. The van der Waals surface area contributed by atoms with Gasteiger partial charge in [-0.1, -0.05) is 39.3 Å². The molecule has 0 aliphatic carbocycles. The molecular formula is C18H18BrClN4OS2. The fourth-order valence-corrected chi connectivity index (χ4v) is 4.91. The third-order valence-corrected chi connectivity index (χ3v) is 6.88. The summed E-state index contributed by atoms with van der Waals surface area (Å²) in [6, 6.07) is 5.35. The molecule has 0 unspecified atom stereocenters. The van der Waals surface area contributed by atoms with E-state index in [-0.39, 0.29) is 11.7 Å². The molecule has 5 nitrogen and oxygen atoms in total. The maximum Gasteiger partial charge on any atom is 0.234 e. The van der Waals surface area contributed by atoms with Crippen molar-refractivity contribution in [2.24, 2.45) is 0 Å². The highest BCUT2D eigenvalue weighted by molar-refractivity contribution is 9.10. The van der Waals surface area contributed by atoms with Crippen LogP contribution in [0.15, 0.2) is 33.2 Å². The Bertz CT molecular complexity index is 986. The van der Waals surface area contributed by atoms with Crippen LogP contribution in [0.3, 0.4) is 0 Å². The molecule has 142 valence electrons. The fraction of sp³-hybridized carbons (Fsp3) is 0.278. The number of benzene rings is 1. The lowest BCUT2D eigenvalue weighted by atomic mass is 10.1. The molecule has 2 heterocycles. The molecule has 0 atom stereocenters. The van der Waals surface area contributed by atoms with Crippen LogP contribution in [-0.2, 0) is 11.3 Å². The van der Waals surface area contributed by atoms with Crippen molar-refractivity contribution in [3.63, 3.8) is 0 Å². The van der Waals surface area contributed by atoms with Crippen LogP contribution in [0.2, 0.25) is 5.02 Å². The quantitative estimate of drug-likeness (QED) is 0.449. The van der Waals surface area contributed by atoms with Gasteiger partial charge in [-0.3, -0.25) is 4.79 Å². The Kier molecular flexibility index (Phi) is 6.62. The van der Waals surface area contributed by atoms with E-state index < -0.39 is 0 Å². The molecule has 0 saturated heterocycles. The number of hydrogen-bond acceptors (Lipinski definition) is 5. The van der Waals surface area contributed by atoms with E-state index in [9.17, 15) is 4.79 Å². The molecule has 0 fully saturated rings. The summed E-state index contributed by atoms with van der Waals surface area (Å²) >= 11 is 12.6. The number of carbonyl (C=O) groups is 1. The van der Waals surface area contributed by atoms with Gasteiger partial charge in [-0.25, -0.2) is 0 Å². The Morgan fingerprint density at radius 3 is 2.78 bits per heavy atom. The summed E-state index contributed by atoms with van der Waals surface area (Å²) in [6.45, 7) is 6.98. The van der Waals surface area contributed by atoms with E-state index in [1.165, 1.54) is 22.2 Å². The number of amides is 1. The molecule has 0 saturated carbocycles. The zero-order chi connectivity index (χ0) is 19.6. The van der Waals surface area contributed by atoms with Gasteiger partial charge in [0, 0.05) is 26.8 Å². The molecule has 3 rings (SSSR count). The molecule has 1 aromatic carbocycles. The van der Waals surface area contributed by atoms with Crippen LogP contribution in [0.1, 0.15) is 17.4 Å². The number of rotatable bonds is 6. The summed E-state index contributed by atoms with van der Waals surface area (Å²) in [5.41, 5.74) is 2.92. The lowest BCUT2D eigenvalue weighted by Crippen LogP contribution is -2.15. The van der Waals surface area contributed by atoms with Gasteiger partial charge in [0.2, 0.25) is 5.91 Å². The summed E-state index contributed by atoms with van der Waals surface area (Å²) in [5.74, 6) is 0.934. The fourth-order valence-electron chi connectivity index (χ4n) is 2.52. The molecule has 0 spiro atoms. The lowest BCUT2D eigenvalue weighted by Gasteiger charge is -2.09. The number of aromatic nitrogens is 3. The number of aryl methyl sites for hydroxylation is 1. The molecule has 0 aliphatic heterocycles. The number of thiophene rings is 1. The summed E-state index contributed by atoms with van der Waals surface area (Å²) in [7, 11) is 0. The van der Waals surface area contributed by atoms with Gasteiger partial charge >= 0.3 is 0 Å². The first kappa shape index (κ1) is 20.4. The van der Waals surface area contributed by atoms with E-state index in [1.54, 1.807) is 23.5 Å². The van der Waals surface area contributed by atoms with E-state index in [0.29, 0.717) is 10.7 Å². The number of anilines is 1. The van der Waals surface area contributed by atoms with Crippen LogP contribution in [0.4, 0.5) is 5.69 Å². The van der Waals surface area contributed by atoms with Crippen molar-refractivity contribution in [2.75, 3.05) is 11.1 Å². The first-order valence-corrected chi connectivity index (χ1v) is 11.3. The zero-order valence-corrected chi connectivity index (χ0v) is 19.0. The summed E-state index contributed by atoms with van der Waals surface area (Å²) < 4.78 is 2.90. The van der Waals surface area contributed by atoms with Crippen molar-refractivity contribution in [1.82, 2.24) is 14.8 Å². The molecule has 3 aromatic rings. The van der Waals surface area contributed by atoms with Gasteiger partial charge in [-0.2, -0.15) is 0 Å². The lowest BCUT2D eigenvalue weighted by molar-refractivity contribution is -0.113. The van der Waals surface area contributed by atoms with Crippen LogP contribution in [0, 0.1) is 13.8 Å². The smallest absolute Gasteiger partial charge is 0.234 e. The third-order valence-electron chi connectivity index (χ3n) is 4.10. The molecule has 1 amide bonds. The average molecular weight is 486 g/mol. The van der Waals surface area contributed by atoms with E-state index in [0.717, 1.165) is 27.6 Å². The van der Waals surface area contributed by atoms with Gasteiger partial charge in [0.15, 0.2) is 11.0 Å². The number of hydrogen-bond donors (Lipinski definition) is 1. The molecule has 0 bridgehead atoms. The standard InChI is InChI=1S/C18H18BrClN4OS2/c1-4-24-17(13-8-26-11(3)10(13)2)22-23-18(24)27-9-16(25)21-15-6-5-12(19)7-14(15)20/h5-8H,4,9H2,1-3H3,(H,21,25). The van der Waals surface area contributed by atoms with Crippen LogP contribution in [-0.4, -0.2) is 26.4 Å². The van der Waals surface area contributed by atoms with Crippen molar-refractivity contribution in [1.29, 1.82) is 0 Å². The van der Waals surface area contributed by atoms with E-state index in [1.807, 2.05) is 17.6 Å². The molecule has 2 aromatic heterocycles. The largest absolute Gasteiger partial charge is 0.324 e. The summed E-state index contributed by atoms with van der Waals surface area (Å²) in [4.78, 5) is 13.6. The molecular weight excluding hydrogens is 468 g/mol. The molecule has 0 aliphatic rings. The Morgan fingerprint density at radius 2 is 2.15 bits per heavy atom. The van der Waals surface area contributed by atoms with E-state index in [4.69, 9.17) is 11.6 Å². The van der Waals surface area contributed by atoms with Crippen molar-refractivity contribution < 1.29 is 4.79 Å². The number of halogens is 2. The van der Waals surface area contributed by atoms with Crippen LogP contribution in [0.5, 0.6) is 0 Å². The predicted octanol–water partition coefficient (Wildman–Crippen LogP) is 5.79. The van der Waals surface area contributed by atoms with Crippen molar-refractivity contribution in [3.8, 4) is 11.4 Å². The second-order valence-electron chi connectivity index (χ2n) is 5.84. The third kappa shape index (κ3) is 4.56. The second-order valence-corrected chi connectivity index (χ2v) is 9.19. The minimum atomic E-state index is -0.140. The average Bonchev–Trinajstić information content (AvgIpc) is 3.18. The van der Waals surface area contributed by atoms with Gasteiger partial charge in [-0.15, -0.1) is 21.5 Å². The number of nitrogens with zero attached hydrogens (tertiary/aromatic N) is 3. The maximum absolute atomic E-state index is 12.3. The second kappa shape index (κ2) is 8.77.